The number of hydrogen-bond donors (Lipinski definition) is 2. The van der Waals surface area contributed by atoms with E-state index >= 15 is 0 Å². The topological polar surface area (TPSA) is 78.5 Å². The minimum Gasteiger partial charge on any atom is -0.338 e. The van der Waals surface area contributed by atoms with Crippen LogP contribution in [0.3, 0.4) is 0 Å². The number of amides is 2. The molecule has 2 rings (SSSR count). The van der Waals surface area contributed by atoms with E-state index in [0.717, 1.165) is 6.54 Å². The summed E-state index contributed by atoms with van der Waals surface area (Å²) in [7, 11) is -3.10. The average Bonchev–Trinajstić information content (AvgIpc) is 2.45. The van der Waals surface area contributed by atoms with Gasteiger partial charge in [0.15, 0.2) is 0 Å². The van der Waals surface area contributed by atoms with Crippen LogP contribution in [0.1, 0.15) is 57.8 Å². The van der Waals surface area contributed by atoms with Crippen LogP contribution in [0.5, 0.6) is 0 Å². The zero-order chi connectivity index (χ0) is 16.7. The van der Waals surface area contributed by atoms with Crippen molar-refractivity contribution in [2.45, 2.75) is 63.8 Å². The van der Waals surface area contributed by atoms with Gasteiger partial charge in [-0.3, -0.25) is 0 Å². The number of hydrogen-bond acceptors (Lipinski definition) is 3. The van der Waals surface area contributed by atoms with Crippen LogP contribution in [0, 0.1) is 5.92 Å². The van der Waals surface area contributed by atoms with Gasteiger partial charge in [0.1, 0.15) is 0 Å². The Labute approximate surface area is 140 Å². The van der Waals surface area contributed by atoms with Gasteiger partial charge in [-0.2, -0.15) is 0 Å². The number of nitrogens with one attached hydrogen (secondary N) is 2. The monoisotopic (exact) mass is 345 g/mol. The van der Waals surface area contributed by atoms with Gasteiger partial charge in [0.2, 0.25) is 10.0 Å². The molecule has 23 heavy (non-hydrogen) atoms. The van der Waals surface area contributed by atoms with E-state index < -0.39 is 10.0 Å². The first-order valence-electron chi connectivity index (χ1n) is 8.94. The van der Waals surface area contributed by atoms with Crippen LogP contribution in [0.25, 0.3) is 0 Å². The highest BCUT2D eigenvalue weighted by Crippen LogP contribution is 2.21. The summed E-state index contributed by atoms with van der Waals surface area (Å²) < 4.78 is 24.4. The normalized spacial score (nSPS) is 23.0. The van der Waals surface area contributed by atoms with Gasteiger partial charge >= 0.3 is 6.03 Å². The van der Waals surface area contributed by atoms with Gasteiger partial charge in [-0.15, -0.1) is 0 Å². The summed E-state index contributed by atoms with van der Waals surface area (Å²) in [6.45, 7) is 1.74. The van der Waals surface area contributed by atoms with Gasteiger partial charge in [-0.05, 0) is 31.6 Å². The summed E-state index contributed by atoms with van der Waals surface area (Å²) >= 11 is 0. The van der Waals surface area contributed by atoms with Crippen LogP contribution in [-0.2, 0) is 10.0 Å². The molecule has 0 atom stereocenters. The number of nitrogens with zero attached hydrogens (tertiary/aromatic N) is 1. The van der Waals surface area contributed by atoms with E-state index in [9.17, 15) is 13.2 Å². The van der Waals surface area contributed by atoms with Crippen molar-refractivity contribution in [1.29, 1.82) is 0 Å². The van der Waals surface area contributed by atoms with Crippen molar-refractivity contribution in [3.63, 3.8) is 0 Å². The fraction of sp³-hybridized carbons (Fsp3) is 0.938. The third-order valence-electron chi connectivity index (χ3n) is 5.03. The molecular formula is C16H31N3O3S. The van der Waals surface area contributed by atoms with E-state index in [1.165, 1.54) is 55.5 Å². The highest BCUT2D eigenvalue weighted by molar-refractivity contribution is 7.88. The van der Waals surface area contributed by atoms with E-state index in [4.69, 9.17) is 0 Å². The zero-order valence-electron chi connectivity index (χ0n) is 14.2. The number of piperidine rings is 1. The first-order valence-corrected chi connectivity index (χ1v) is 10.8. The van der Waals surface area contributed by atoms with Gasteiger partial charge < -0.3 is 10.6 Å². The maximum Gasteiger partial charge on any atom is 0.315 e. The summed E-state index contributed by atoms with van der Waals surface area (Å²) in [6, 6.07) is -0.0322. The molecule has 2 N–H and O–H groups in total. The Morgan fingerprint density at radius 3 is 2.13 bits per heavy atom. The molecule has 2 fully saturated rings. The predicted octanol–water partition coefficient (Wildman–Crippen LogP) is 2.07. The van der Waals surface area contributed by atoms with Crippen molar-refractivity contribution in [3.8, 4) is 0 Å². The predicted molar refractivity (Wildman–Crippen MR) is 91.8 cm³/mol. The van der Waals surface area contributed by atoms with Gasteiger partial charge in [0, 0.05) is 25.7 Å². The van der Waals surface area contributed by atoms with Crippen molar-refractivity contribution in [3.05, 3.63) is 0 Å². The molecule has 0 spiro atoms. The Morgan fingerprint density at radius 1 is 1.00 bits per heavy atom. The second-order valence-corrected chi connectivity index (χ2v) is 8.98. The van der Waals surface area contributed by atoms with E-state index in [2.05, 4.69) is 10.6 Å². The van der Waals surface area contributed by atoms with Crippen LogP contribution in [0.2, 0.25) is 0 Å². The molecule has 0 aromatic carbocycles. The van der Waals surface area contributed by atoms with Crippen LogP contribution >= 0.6 is 0 Å². The number of urea groups is 1. The van der Waals surface area contributed by atoms with Crippen LogP contribution < -0.4 is 10.6 Å². The number of rotatable bonds is 4. The maximum atomic E-state index is 12.0. The molecule has 1 aliphatic carbocycles. The highest BCUT2D eigenvalue weighted by Gasteiger charge is 2.25. The quantitative estimate of drug-likeness (QED) is 0.819. The molecule has 1 saturated heterocycles. The fourth-order valence-corrected chi connectivity index (χ4v) is 4.42. The third kappa shape index (κ3) is 6.67. The van der Waals surface area contributed by atoms with Crippen molar-refractivity contribution < 1.29 is 13.2 Å². The highest BCUT2D eigenvalue weighted by atomic mass is 32.2. The fourth-order valence-electron chi connectivity index (χ4n) is 3.55. The summed E-state index contributed by atoms with van der Waals surface area (Å²) in [5, 5.41) is 5.99. The van der Waals surface area contributed by atoms with Crippen LogP contribution in [-0.4, -0.2) is 50.7 Å². The lowest BCUT2D eigenvalue weighted by Crippen LogP contribution is -2.49. The minimum atomic E-state index is -3.10. The largest absolute Gasteiger partial charge is 0.338 e. The summed E-state index contributed by atoms with van der Waals surface area (Å²) in [5.41, 5.74) is 0. The molecule has 1 heterocycles. The molecule has 6 nitrogen and oxygen atoms in total. The smallest absolute Gasteiger partial charge is 0.315 e. The van der Waals surface area contributed by atoms with Crippen molar-refractivity contribution in [2.24, 2.45) is 5.92 Å². The van der Waals surface area contributed by atoms with Crippen molar-refractivity contribution >= 4 is 16.1 Å². The Bertz CT molecular complexity index is 465. The van der Waals surface area contributed by atoms with Gasteiger partial charge in [0.25, 0.3) is 0 Å². The zero-order valence-corrected chi connectivity index (χ0v) is 15.0. The first kappa shape index (κ1) is 18.5. The first-order chi connectivity index (χ1) is 10.9. The minimum absolute atomic E-state index is 0.0744. The standard InChI is InChI=1S/C16H31N3O3S/c1-23(21,22)19-11-9-15(10-12-19)18-16(20)17-13-14-7-5-3-2-4-6-8-14/h14-15H,2-13H2,1H3,(H2,17,18,20). The molecule has 1 saturated carbocycles. The molecule has 0 radical (unpaired) electrons. The van der Waals surface area contributed by atoms with Crippen molar-refractivity contribution in [1.82, 2.24) is 14.9 Å². The molecule has 2 amide bonds. The second-order valence-electron chi connectivity index (χ2n) is 7.00. The summed E-state index contributed by atoms with van der Waals surface area (Å²) in [6.07, 6.45) is 11.6. The Hall–Kier alpha value is -0.820. The van der Waals surface area contributed by atoms with E-state index in [1.54, 1.807) is 0 Å². The van der Waals surface area contributed by atoms with Crippen molar-refractivity contribution in [2.75, 3.05) is 25.9 Å². The molecular weight excluding hydrogens is 314 g/mol. The molecule has 2 aliphatic rings. The van der Waals surface area contributed by atoms with Gasteiger partial charge in [-0.1, -0.05) is 32.1 Å². The third-order valence-corrected chi connectivity index (χ3v) is 6.34. The van der Waals surface area contributed by atoms with Gasteiger partial charge in [-0.25, -0.2) is 17.5 Å². The summed E-state index contributed by atoms with van der Waals surface area (Å²) in [5.74, 6) is 0.605. The van der Waals surface area contributed by atoms with Crippen LogP contribution in [0.15, 0.2) is 0 Å². The Morgan fingerprint density at radius 2 is 1.57 bits per heavy atom. The molecule has 7 heteroatoms. The molecule has 134 valence electrons. The Kier molecular flexibility index (Phi) is 7.14. The van der Waals surface area contributed by atoms with E-state index in [1.807, 2.05) is 0 Å². The van der Waals surface area contributed by atoms with Gasteiger partial charge in [0.05, 0.1) is 6.26 Å². The molecule has 1 aliphatic heterocycles. The number of carbonyl (C=O) groups is 1. The molecule has 0 aromatic rings. The van der Waals surface area contributed by atoms with E-state index in [0.29, 0.717) is 31.8 Å². The Balaban J connectivity index is 1.65. The molecule has 0 aromatic heterocycles. The lowest BCUT2D eigenvalue weighted by atomic mass is 9.91. The summed E-state index contributed by atoms with van der Waals surface area (Å²) in [4.78, 5) is 12.0. The molecule has 0 bridgehead atoms. The van der Waals surface area contributed by atoms with Crippen LogP contribution in [0.4, 0.5) is 4.79 Å². The number of sulfonamides is 1. The lowest BCUT2D eigenvalue weighted by molar-refractivity contribution is 0.224. The average molecular weight is 346 g/mol. The van der Waals surface area contributed by atoms with E-state index in [-0.39, 0.29) is 12.1 Å². The number of carbonyl (C=O) groups excluding carboxylic acids is 1. The maximum absolute atomic E-state index is 12.0. The SMILES string of the molecule is CS(=O)(=O)N1CCC(NC(=O)NCC2CCCCCCC2)CC1. The molecule has 0 unspecified atom stereocenters. The lowest BCUT2D eigenvalue weighted by Gasteiger charge is -2.30. The second kappa shape index (κ2) is 8.87.